The molecule has 1 N–H and O–H groups in total. The second-order valence-electron chi connectivity index (χ2n) is 6.45. The number of aromatic nitrogens is 2. The van der Waals surface area contributed by atoms with E-state index in [9.17, 15) is 18.5 Å². The molecule has 0 atom stereocenters. The average molecular weight is 428 g/mol. The SMILES string of the molecule is N#Cc1ccccc1S(=O)(=O)N1CCN(C(=O)c2cc(-c3cccs3)[nH]n2)CC1. The standard InChI is InChI=1S/C19H17N5O3S2/c20-13-14-4-1-2-6-18(14)29(26,27)24-9-7-23(8-10-24)19(25)16-12-15(21-22-16)17-5-3-11-28-17/h1-6,11-12H,7-10H2,(H,21,22). The normalized spacial score (nSPS) is 15.2. The summed E-state index contributed by atoms with van der Waals surface area (Å²) < 4.78 is 27.1. The van der Waals surface area contributed by atoms with Crippen LogP contribution in [0.25, 0.3) is 10.6 Å². The number of hydrogen-bond donors (Lipinski definition) is 1. The second-order valence-corrected chi connectivity index (χ2v) is 9.30. The largest absolute Gasteiger partial charge is 0.335 e. The third-order valence-electron chi connectivity index (χ3n) is 4.73. The number of nitrogens with zero attached hydrogens (tertiary/aromatic N) is 4. The van der Waals surface area contributed by atoms with Crippen LogP contribution in [-0.4, -0.2) is 59.9 Å². The molecule has 0 radical (unpaired) electrons. The van der Waals surface area contributed by atoms with Crippen LogP contribution >= 0.6 is 11.3 Å². The van der Waals surface area contributed by atoms with Gasteiger partial charge < -0.3 is 4.90 Å². The molecular formula is C19H17N5O3S2. The van der Waals surface area contributed by atoms with Gasteiger partial charge in [0.25, 0.3) is 5.91 Å². The third kappa shape index (κ3) is 3.67. The van der Waals surface area contributed by atoms with Crippen LogP contribution in [0, 0.1) is 11.3 Å². The predicted octanol–water partition coefficient (Wildman–Crippen LogP) is 2.16. The lowest BCUT2D eigenvalue weighted by atomic mass is 10.2. The number of aromatic amines is 1. The van der Waals surface area contributed by atoms with E-state index in [4.69, 9.17) is 0 Å². The minimum Gasteiger partial charge on any atom is -0.335 e. The summed E-state index contributed by atoms with van der Waals surface area (Å²) in [6, 6.07) is 13.6. The van der Waals surface area contributed by atoms with Crippen LogP contribution in [0.4, 0.5) is 0 Å². The molecule has 3 heterocycles. The number of rotatable bonds is 4. The Morgan fingerprint density at radius 3 is 2.59 bits per heavy atom. The van der Waals surface area contributed by atoms with Crippen molar-refractivity contribution in [2.24, 2.45) is 0 Å². The Bertz CT molecular complexity index is 1170. The lowest BCUT2D eigenvalue weighted by Crippen LogP contribution is -2.50. The van der Waals surface area contributed by atoms with Gasteiger partial charge in [-0.1, -0.05) is 18.2 Å². The number of benzene rings is 1. The summed E-state index contributed by atoms with van der Waals surface area (Å²) >= 11 is 1.55. The van der Waals surface area contributed by atoms with Crippen LogP contribution in [0.2, 0.25) is 0 Å². The number of piperazine rings is 1. The van der Waals surface area contributed by atoms with Gasteiger partial charge in [-0.25, -0.2) is 8.42 Å². The van der Waals surface area contributed by atoms with E-state index in [0.29, 0.717) is 5.69 Å². The van der Waals surface area contributed by atoms with Gasteiger partial charge in [-0.3, -0.25) is 9.89 Å². The Morgan fingerprint density at radius 2 is 1.90 bits per heavy atom. The van der Waals surface area contributed by atoms with Crippen molar-refractivity contribution >= 4 is 27.3 Å². The van der Waals surface area contributed by atoms with Gasteiger partial charge in [0.1, 0.15) is 6.07 Å². The van der Waals surface area contributed by atoms with Crippen molar-refractivity contribution in [3.8, 4) is 16.6 Å². The number of carbonyl (C=O) groups excluding carboxylic acids is 1. The summed E-state index contributed by atoms with van der Waals surface area (Å²) in [5, 5.41) is 18.1. The van der Waals surface area contributed by atoms with Crippen molar-refractivity contribution in [3.05, 3.63) is 59.1 Å². The molecular weight excluding hydrogens is 410 g/mol. The quantitative estimate of drug-likeness (QED) is 0.686. The van der Waals surface area contributed by atoms with Gasteiger partial charge >= 0.3 is 0 Å². The monoisotopic (exact) mass is 427 g/mol. The molecule has 1 aliphatic heterocycles. The Hall–Kier alpha value is -3.00. The van der Waals surface area contributed by atoms with E-state index in [1.54, 1.807) is 34.4 Å². The number of H-pyrrole nitrogens is 1. The molecule has 1 aliphatic rings. The zero-order chi connectivity index (χ0) is 20.4. The summed E-state index contributed by atoms with van der Waals surface area (Å²) in [7, 11) is -3.79. The molecule has 0 spiro atoms. The molecule has 1 aromatic carbocycles. The molecule has 0 bridgehead atoms. The highest BCUT2D eigenvalue weighted by Gasteiger charge is 2.32. The average Bonchev–Trinajstić information content (AvgIpc) is 3.45. The van der Waals surface area contributed by atoms with Crippen molar-refractivity contribution in [2.45, 2.75) is 4.90 Å². The maximum atomic E-state index is 12.9. The van der Waals surface area contributed by atoms with Crippen LogP contribution in [0.5, 0.6) is 0 Å². The number of nitriles is 1. The fraction of sp³-hybridized carbons (Fsp3) is 0.211. The van der Waals surface area contributed by atoms with Gasteiger partial charge in [0.2, 0.25) is 10.0 Å². The first-order chi connectivity index (χ1) is 14.0. The molecule has 2 aromatic heterocycles. The zero-order valence-corrected chi connectivity index (χ0v) is 16.9. The molecule has 1 saturated heterocycles. The molecule has 0 aliphatic carbocycles. The smallest absolute Gasteiger partial charge is 0.274 e. The van der Waals surface area contributed by atoms with Crippen molar-refractivity contribution in [1.29, 1.82) is 5.26 Å². The number of carbonyl (C=O) groups is 1. The third-order valence-corrected chi connectivity index (χ3v) is 7.59. The summed E-state index contributed by atoms with van der Waals surface area (Å²) in [5.41, 5.74) is 1.20. The van der Waals surface area contributed by atoms with Gasteiger partial charge in [0, 0.05) is 26.2 Å². The first-order valence-corrected chi connectivity index (χ1v) is 11.2. The highest BCUT2D eigenvalue weighted by Crippen LogP contribution is 2.24. The van der Waals surface area contributed by atoms with Crippen LogP contribution in [-0.2, 0) is 10.0 Å². The lowest BCUT2D eigenvalue weighted by Gasteiger charge is -2.33. The van der Waals surface area contributed by atoms with Crippen molar-refractivity contribution < 1.29 is 13.2 Å². The molecule has 1 fully saturated rings. The van der Waals surface area contributed by atoms with Crippen LogP contribution in [0.3, 0.4) is 0 Å². The molecule has 4 rings (SSSR count). The number of nitrogens with one attached hydrogen (secondary N) is 1. The topological polar surface area (TPSA) is 110 Å². The van der Waals surface area contributed by atoms with Crippen LogP contribution < -0.4 is 0 Å². The minimum absolute atomic E-state index is 0.00447. The number of sulfonamides is 1. The van der Waals surface area contributed by atoms with E-state index < -0.39 is 10.0 Å². The van der Waals surface area contributed by atoms with Gasteiger partial charge in [-0.05, 0) is 29.6 Å². The first kappa shape index (κ1) is 19.3. The van der Waals surface area contributed by atoms with Crippen molar-refractivity contribution in [1.82, 2.24) is 19.4 Å². The fourth-order valence-corrected chi connectivity index (χ4v) is 5.46. The molecule has 0 saturated carbocycles. The molecule has 0 unspecified atom stereocenters. The fourth-order valence-electron chi connectivity index (χ4n) is 3.21. The van der Waals surface area contributed by atoms with E-state index in [-0.39, 0.29) is 42.5 Å². The Labute approximate surface area is 172 Å². The van der Waals surface area contributed by atoms with E-state index in [1.807, 2.05) is 23.6 Å². The van der Waals surface area contributed by atoms with Crippen LogP contribution in [0.1, 0.15) is 16.1 Å². The minimum atomic E-state index is -3.79. The summed E-state index contributed by atoms with van der Waals surface area (Å²) in [6.07, 6.45) is 0. The molecule has 148 valence electrons. The van der Waals surface area contributed by atoms with Crippen LogP contribution in [0.15, 0.2) is 52.7 Å². The molecule has 29 heavy (non-hydrogen) atoms. The molecule has 1 amide bonds. The van der Waals surface area contributed by atoms with Gasteiger partial charge in [0.15, 0.2) is 5.69 Å². The zero-order valence-electron chi connectivity index (χ0n) is 15.3. The van der Waals surface area contributed by atoms with E-state index >= 15 is 0 Å². The maximum absolute atomic E-state index is 12.9. The Kier molecular flexibility index (Phi) is 5.19. The second kappa shape index (κ2) is 7.79. The number of thiophene rings is 1. The van der Waals surface area contributed by atoms with Gasteiger partial charge in [0.05, 0.1) is 21.0 Å². The maximum Gasteiger partial charge on any atom is 0.274 e. The predicted molar refractivity (Wildman–Crippen MR) is 108 cm³/mol. The molecule has 3 aromatic rings. The lowest BCUT2D eigenvalue weighted by molar-refractivity contribution is 0.0692. The van der Waals surface area contributed by atoms with E-state index in [1.165, 1.54) is 16.4 Å². The molecule has 10 heteroatoms. The highest BCUT2D eigenvalue weighted by atomic mass is 32.2. The Morgan fingerprint density at radius 1 is 1.14 bits per heavy atom. The van der Waals surface area contributed by atoms with Crippen molar-refractivity contribution in [3.63, 3.8) is 0 Å². The van der Waals surface area contributed by atoms with Gasteiger partial charge in [-0.15, -0.1) is 11.3 Å². The number of amides is 1. The summed E-state index contributed by atoms with van der Waals surface area (Å²) in [5.74, 6) is -0.237. The van der Waals surface area contributed by atoms with Crippen molar-refractivity contribution in [2.75, 3.05) is 26.2 Å². The Balaban J connectivity index is 1.45. The van der Waals surface area contributed by atoms with Gasteiger partial charge in [-0.2, -0.15) is 14.7 Å². The first-order valence-electron chi connectivity index (χ1n) is 8.88. The highest BCUT2D eigenvalue weighted by molar-refractivity contribution is 7.89. The molecule has 8 nitrogen and oxygen atoms in total. The van der Waals surface area contributed by atoms with E-state index in [0.717, 1.165) is 10.6 Å². The van der Waals surface area contributed by atoms with E-state index in [2.05, 4.69) is 10.2 Å². The summed E-state index contributed by atoms with van der Waals surface area (Å²) in [6.45, 7) is 0.841. The number of hydrogen-bond acceptors (Lipinski definition) is 6. The summed E-state index contributed by atoms with van der Waals surface area (Å²) in [4.78, 5) is 15.3.